The molecule has 0 unspecified atom stereocenters. The number of carbonyl (C=O) groups excluding carboxylic acids is 2. The van der Waals surface area contributed by atoms with Crippen molar-refractivity contribution in [3.8, 4) is 5.75 Å². The number of benzene rings is 1. The van der Waals surface area contributed by atoms with E-state index in [4.69, 9.17) is 16.3 Å². The molecule has 1 aromatic carbocycles. The SMILES string of the molecule is CCCCC(=O)NC1CCN(C(=O)COc2cc(C)c(Cl)c(C)c2)CC1. The van der Waals surface area contributed by atoms with E-state index in [9.17, 15) is 9.59 Å². The Hall–Kier alpha value is -1.75. The van der Waals surface area contributed by atoms with Crippen molar-refractivity contribution in [3.05, 3.63) is 28.3 Å². The number of amides is 2. The van der Waals surface area contributed by atoms with Gasteiger partial charge in [0, 0.05) is 30.6 Å². The normalized spacial score (nSPS) is 15.0. The van der Waals surface area contributed by atoms with E-state index in [0.717, 1.165) is 41.8 Å². The Morgan fingerprint density at radius 1 is 1.23 bits per heavy atom. The van der Waals surface area contributed by atoms with Crippen molar-refractivity contribution in [3.63, 3.8) is 0 Å². The number of aryl methyl sites for hydroxylation is 2. The average Bonchev–Trinajstić information content (AvgIpc) is 2.63. The molecule has 0 saturated carbocycles. The maximum atomic E-state index is 12.4. The molecule has 0 aromatic heterocycles. The smallest absolute Gasteiger partial charge is 0.260 e. The predicted molar refractivity (Wildman–Crippen MR) is 104 cm³/mol. The quantitative estimate of drug-likeness (QED) is 0.785. The van der Waals surface area contributed by atoms with Gasteiger partial charge in [-0.1, -0.05) is 24.9 Å². The van der Waals surface area contributed by atoms with Crippen LogP contribution in [0.3, 0.4) is 0 Å². The van der Waals surface area contributed by atoms with E-state index in [2.05, 4.69) is 12.2 Å². The Balaban J connectivity index is 1.75. The molecule has 1 aromatic rings. The van der Waals surface area contributed by atoms with Gasteiger partial charge in [-0.2, -0.15) is 0 Å². The molecule has 1 aliphatic heterocycles. The van der Waals surface area contributed by atoms with Crippen LogP contribution >= 0.6 is 11.6 Å². The summed E-state index contributed by atoms with van der Waals surface area (Å²) in [5.74, 6) is 0.760. The van der Waals surface area contributed by atoms with Crippen LogP contribution in [0.4, 0.5) is 0 Å². The van der Waals surface area contributed by atoms with Crippen molar-refractivity contribution in [2.75, 3.05) is 19.7 Å². The number of halogens is 1. The van der Waals surface area contributed by atoms with Crippen molar-refractivity contribution < 1.29 is 14.3 Å². The number of hydrogen-bond acceptors (Lipinski definition) is 3. The molecule has 1 fully saturated rings. The van der Waals surface area contributed by atoms with Gasteiger partial charge >= 0.3 is 0 Å². The highest BCUT2D eigenvalue weighted by Crippen LogP contribution is 2.26. The summed E-state index contributed by atoms with van der Waals surface area (Å²) in [6.45, 7) is 7.24. The molecular formula is C20H29ClN2O3. The summed E-state index contributed by atoms with van der Waals surface area (Å²) in [7, 11) is 0. The fourth-order valence-corrected chi connectivity index (χ4v) is 3.25. The third-order valence-corrected chi connectivity index (χ3v) is 5.34. The second-order valence-electron chi connectivity index (χ2n) is 6.99. The molecule has 1 aliphatic rings. The number of piperidine rings is 1. The molecule has 144 valence electrons. The van der Waals surface area contributed by atoms with Crippen LogP contribution < -0.4 is 10.1 Å². The van der Waals surface area contributed by atoms with Gasteiger partial charge in [0.05, 0.1) is 0 Å². The van der Waals surface area contributed by atoms with Crippen molar-refractivity contribution in [2.45, 2.75) is 58.9 Å². The highest BCUT2D eigenvalue weighted by atomic mass is 35.5. The number of carbonyl (C=O) groups is 2. The minimum absolute atomic E-state index is 0.0219. The molecule has 0 radical (unpaired) electrons. The topological polar surface area (TPSA) is 58.6 Å². The van der Waals surface area contributed by atoms with E-state index in [-0.39, 0.29) is 24.5 Å². The largest absolute Gasteiger partial charge is 0.484 e. The molecule has 0 atom stereocenters. The fraction of sp³-hybridized carbons (Fsp3) is 0.600. The van der Waals surface area contributed by atoms with Gasteiger partial charge in [0.1, 0.15) is 5.75 Å². The van der Waals surface area contributed by atoms with E-state index in [1.165, 1.54) is 0 Å². The Bertz CT molecular complexity index is 617. The Morgan fingerprint density at radius 2 is 1.85 bits per heavy atom. The lowest BCUT2D eigenvalue weighted by atomic mass is 10.0. The first-order chi connectivity index (χ1) is 12.4. The first-order valence-electron chi connectivity index (χ1n) is 9.37. The molecule has 1 saturated heterocycles. The van der Waals surface area contributed by atoms with E-state index in [1.54, 1.807) is 0 Å². The zero-order valence-electron chi connectivity index (χ0n) is 15.9. The summed E-state index contributed by atoms with van der Waals surface area (Å²) >= 11 is 6.15. The lowest BCUT2D eigenvalue weighted by Gasteiger charge is -2.32. The highest BCUT2D eigenvalue weighted by Gasteiger charge is 2.24. The van der Waals surface area contributed by atoms with Gasteiger partial charge in [-0.15, -0.1) is 0 Å². The predicted octanol–water partition coefficient (Wildman–Crippen LogP) is 3.63. The van der Waals surface area contributed by atoms with Crippen LogP contribution in [0.1, 0.15) is 50.2 Å². The van der Waals surface area contributed by atoms with Gasteiger partial charge in [-0.3, -0.25) is 9.59 Å². The number of rotatable bonds is 7. The van der Waals surface area contributed by atoms with Gasteiger partial charge in [0.15, 0.2) is 6.61 Å². The summed E-state index contributed by atoms with van der Waals surface area (Å²) < 4.78 is 5.65. The lowest BCUT2D eigenvalue weighted by Crippen LogP contribution is -2.47. The van der Waals surface area contributed by atoms with Crippen LogP contribution in [0.25, 0.3) is 0 Å². The first-order valence-corrected chi connectivity index (χ1v) is 9.75. The van der Waals surface area contributed by atoms with Crippen LogP contribution in [0.2, 0.25) is 5.02 Å². The van der Waals surface area contributed by atoms with Crippen LogP contribution in [0.5, 0.6) is 5.75 Å². The molecule has 2 rings (SSSR count). The Morgan fingerprint density at radius 3 is 2.42 bits per heavy atom. The highest BCUT2D eigenvalue weighted by molar-refractivity contribution is 6.32. The maximum absolute atomic E-state index is 12.4. The van der Waals surface area contributed by atoms with Gasteiger partial charge < -0.3 is 15.0 Å². The third-order valence-electron chi connectivity index (χ3n) is 4.74. The number of ether oxygens (including phenoxy) is 1. The number of hydrogen-bond donors (Lipinski definition) is 1. The fourth-order valence-electron chi connectivity index (χ4n) is 3.14. The van der Waals surface area contributed by atoms with E-state index in [1.807, 2.05) is 30.9 Å². The molecule has 0 aliphatic carbocycles. The molecular weight excluding hydrogens is 352 g/mol. The number of unbranched alkanes of at least 4 members (excludes halogenated alkanes) is 1. The van der Waals surface area contributed by atoms with E-state index < -0.39 is 0 Å². The summed E-state index contributed by atoms with van der Waals surface area (Å²) in [6, 6.07) is 3.87. The molecule has 26 heavy (non-hydrogen) atoms. The minimum atomic E-state index is -0.0222. The summed E-state index contributed by atoms with van der Waals surface area (Å²) in [4.78, 5) is 26.0. The van der Waals surface area contributed by atoms with Gasteiger partial charge in [-0.25, -0.2) is 0 Å². The van der Waals surface area contributed by atoms with Crippen molar-refractivity contribution >= 4 is 23.4 Å². The number of nitrogens with zero attached hydrogens (tertiary/aromatic N) is 1. The standard InChI is InChI=1S/C20H29ClN2O3/c1-4-5-6-18(24)22-16-7-9-23(10-8-16)19(25)13-26-17-11-14(2)20(21)15(3)12-17/h11-12,16H,4-10,13H2,1-3H3,(H,22,24). The Labute approximate surface area is 161 Å². The zero-order chi connectivity index (χ0) is 19.1. The molecule has 2 amide bonds. The maximum Gasteiger partial charge on any atom is 0.260 e. The molecule has 5 nitrogen and oxygen atoms in total. The average molecular weight is 381 g/mol. The first kappa shape index (κ1) is 20.6. The van der Waals surface area contributed by atoms with E-state index in [0.29, 0.717) is 25.3 Å². The second kappa shape index (κ2) is 9.81. The van der Waals surface area contributed by atoms with Crippen molar-refractivity contribution in [2.24, 2.45) is 0 Å². The monoisotopic (exact) mass is 380 g/mol. The summed E-state index contributed by atoms with van der Waals surface area (Å²) in [5.41, 5.74) is 1.88. The summed E-state index contributed by atoms with van der Waals surface area (Å²) in [6.07, 6.45) is 4.12. The zero-order valence-corrected chi connectivity index (χ0v) is 16.7. The minimum Gasteiger partial charge on any atom is -0.484 e. The second-order valence-corrected chi connectivity index (χ2v) is 7.36. The lowest BCUT2D eigenvalue weighted by molar-refractivity contribution is -0.134. The third kappa shape index (κ3) is 5.90. The van der Waals surface area contributed by atoms with E-state index >= 15 is 0 Å². The van der Waals surface area contributed by atoms with Crippen LogP contribution in [-0.2, 0) is 9.59 Å². The van der Waals surface area contributed by atoms with Crippen LogP contribution in [0.15, 0.2) is 12.1 Å². The Kier molecular flexibility index (Phi) is 7.76. The van der Waals surface area contributed by atoms with Crippen molar-refractivity contribution in [1.82, 2.24) is 10.2 Å². The molecule has 0 spiro atoms. The number of likely N-dealkylation sites (tertiary alicyclic amines) is 1. The molecule has 1 N–H and O–H groups in total. The molecule has 6 heteroatoms. The summed E-state index contributed by atoms with van der Waals surface area (Å²) in [5, 5.41) is 3.80. The van der Waals surface area contributed by atoms with Crippen LogP contribution in [-0.4, -0.2) is 42.5 Å². The van der Waals surface area contributed by atoms with Gasteiger partial charge in [0.25, 0.3) is 5.91 Å². The molecule has 0 bridgehead atoms. The number of nitrogens with one attached hydrogen (secondary N) is 1. The van der Waals surface area contributed by atoms with Crippen LogP contribution in [0, 0.1) is 13.8 Å². The van der Waals surface area contributed by atoms with Gasteiger partial charge in [0.2, 0.25) is 5.91 Å². The van der Waals surface area contributed by atoms with Crippen molar-refractivity contribution in [1.29, 1.82) is 0 Å². The van der Waals surface area contributed by atoms with Gasteiger partial charge in [-0.05, 0) is 56.4 Å². The molecule has 1 heterocycles.